The summed E-state index contributed by atoms with van der Waals surface area (Å²) in [7, 11) is 0. The molecule has 1 aliphatic heterocycles. The van der Waals surface area contributed by atoms with Gasteiger partial charge in [0.2, 0.25) is 0 Å². The number of alkyl halides is 1. The van der Waals surface area contributed by atoms with E-state index in [-0.39, 0.29) is 25.6 Å². The van der Waals surface area contributed by atoms with E-state index in [0.29, 0.717) is 17.5 Å². The number of ether oxygens (including phenoxy) is 3. The van der Waals surface area contributed by atoms with Crippen LogP contribution in [0.2, 0.25) is 0 Å². The molecule has 1 aromatic rings. The lowest BCUT2D eigenvalue weighted by molar-refractivity contribution is -0.336. The molecule has 23 heavy (non-hydrogen) atoms. The summed E-state index contributed by atoms with van der Waals surface area (Å²) in [5, 5.41) is 0. The van der Waals surface area contributed by atoms with Gasteiger partial charge in [0.1, 0.15) is 5.82 Å². The van der Waals surface area contributed by atoms with Gasteiger partial charge < -0.3 is 14.2 Å². The molecule has 3 nitrogen and oxygen atoms in total. The van der Waals surface area contributed by atoms with E-state index in [9.17, 15) is 8.78 Å². The van der Waals surface area contributed by atoms with Crippen LogP contribution in [0, 0.1) is 5.82 Å². The number of aryl methyl sites for hydroxylation is 1. The second-order valence-electron chi connectivity index (χ2n) is 5.49. The van der Waals surface area contributed by atoms with Crippen molar-refractivity contribution in [3.05, 3.63) is 60.0 Å². The van der Waals surface area contributed by atoms with Crippen LogP contribution >= 0.6 is 0 Å². The molecular weight excluding hydrogens is 302 g/mol. The minimum atomic E-state index is -1.68. The number of hydrogen-bond acceptors (Lipinski definition) is 3. The molecular formula is C18H22F2O3. The Morgan fingerprint density at radius 1 is 1.39 bits per heavy atom. The van der Waals surface area contributed by atoms with Gasteiger partial charge in [0, 0.05) is 0 Å². The van der Waals surface area contributed by atoms with Crippen molar-refractivity contribution >= 4 is 0 Å². The van der Waals surface area contributed by atoms with Crippen molar-refractivity contribution in [2.45, 2.75) is 38.5 Å². The third kappa shape index (κ3) is 5.23. The van der Waals surface area contributed by atoms with Gasteiger partial charge in [-0.3, -0.25) is 0 Å². The van der Waals surface area contributed by atoms with Crippen LogP contribution in [0.15, 0.2) is 43.0 Å². The molecule has 0 radical (unpaired) electrons. The fourth-order valence-corrected chi connectivity index (χ4v) is 2.17. The van der Waals surface area contributed by atoms with Gasteiger partial charge in [-0.2, -0.15) is 0 Å². The van der Waals surface area contributed by atoms with Crippen molar-refractivity contribution in [2.75, 3.05) is 13.2 Å². The minimum absolute atomic E-state index is 0.129. The zero-order valence-corrected chi connectivity index (χ0v) is 13.3. The van der Waals surface area contributed by atoms with Gasteiger partial charge >= 0.3 is 0 Å². The molecule has 0 unspecified atom stereocenters. The molecule has 126 valence electrons. The summed E-state index contributed by atoms with van der Waals surface area (Å²) in [5.74, 6) is -0.254. The van der Waals surface area contributed by atoms with E-state index in [0.717, 1.165) is 12.5 Å². The quantitative estimate of drug-likeness (QED) is 0.708. The van der Waals surface area contributed by atoms with Crippen molar-refractivity contribution in [1.29, 1.82) is 0 Å². The van der Waals surface area contributed by atoms with E-state index in [2.05, 4.69) is 6.58 Å². The van der Waals surface area contributed by atoms with Crippen LogP contribution in [-0.2, 0) is 27.2 Å². The first-order valence-corrected chi connectivity index (χ1v) is 7.62. The number of halogens is 2. The zero-order chi connectivity index (χ0) is 16.7. The first kappa shape index (κ1) is 17.8. The van der Waals surface area contributed by atoms with Crippen LogP contribution < -0.4 is 0 Å². The van der Waals surface area contributed by atoms with Gasteiger partial charge in [-0.05, 0) is 37.0 Å². The Balaban J connectivity index is 1.82. The summed E-state index contributed by atoms with van der Waals surface area (Å²) in [6.45, 7) is 4.18. The molecule has 1 aliphatic rings. The Kier molecular flexibility index (Phi) is 6.45. The van der Waals surface area contributed by atoms with Crippen LogP contribution in [0.3, 0.4) is 0 Å². The Bertz CT molecular complexity index is 549. The highest BCUT2D eigenvalue weighted by atomic mass is 19.1. The summed E-state index contributed by atoms with van der Waals surface area (Å²) < 4.78 is 43.4. The summed E-state index contributed by atoms with van der Waals surface area (Å²) in [6.07, 6.45) is 6.57. The van der Waals surface area contributed by atoms with Gasteiger partial charge in [-0.1, -0.05) is 36.9 Å². The summed E-state index contributed by atoms with van der Waals surface area (Å²) in [6, 6.07) is 5.00. The van der Waals surface area contributed by atoms with Gasteiger partial charge in [-0.25, -0.2) is 8.78 Å². The average Bonchev–Trinajstić information content (AvgIpc) is 2.56. The van der Waals surface area contributed by atoms with E-state index in [1.807, 2.05) is 19.1 Å². The molecule has 5 heteroatoms. The van der Waals surface area contributed by atoms with Crippen LogP contribution in [0.25, 0.3) is 0 Å². The zero-order valence-electron chi connectivity index (χ0n) is 13.3. The smallest absolute Gasteiger partial charge is 0.272 e. The lowest BCUT2D eigenvalue weighted by Crippen LogP contribution is -2.43. The van der Waals surface area contributed by atoms with Gasteiger partial charge in [0.05, 0.1) is 19.8 Å². The van der Waals surface area contributed by atoms with Crippen molar-refractivity contribution in [2.24, 2.45) is 0 Å². The second-order valence-corrected chi connectivity index (χ2v) is 5.49. The Morgan fingerprint density at radius 2 is 2.13 bits per heavy atom. The minimum Gasteiger partial charge on any atom is -0.326 e. The molecule has 0 spiro atoms. The van der Waals surface area contributed by atoms with Gasteiger partial charge in [0.15, 0.2) is 5.67 Å². The first-order valence-electron chi connectivity index (χ1n) is 7.62. The first-order chi connectivity index (χ1) is 11.1. The van der Waals surface area contributed by atoms with Crippen LogP contribution in [0.5, 0.6) is 0 Å². The molecule has 2 rings (SSSR count). The number of rotatable bonds is 7. The predicted octanol–water partition coefficient (Wildman–Crippen LogP) is 4.08. The van der Waals surface area contributed by atoms with Crippen LogP contribution in [0.1, 0.15) is 24.5 Å². The van der Waals surface area contributed by atoms with Gasteiger partial charge in [-0.15, -0.1) is 0 Å². The lowest BCUT2D eigenvalue weighted by Gasteiger charge is -2.31. The molecule has 0 bridgehead atoms. The maximum atomic E-state index is 14.0. The highest BCUT2D eigenvalue weighted by Crippen LogP contribution is 2.22. The number of benzene rings is 1. The predicted molar refractivity (Wildman–Crippen MR) is 84.1 cm³/mol. The van der Waals surface area contributed by atoms with Crippen LogP contribution in [0.4, 0.5) is 8.78 Å². The molecule has 0 amide bonds. The third-order valence-corrected chi connectivity index (χ3v) is 3.60. The van der Waals surface area contributed by atoms with E-state index in [4.69, 9.17) is 14.2 Å². The second kappa shape index (κ2) is 8.34. The van der Waals surface area contributed by atoms with Crippen LogP contribution in [-0.4, -0.2) is 25.4 Å². The topological polar surface area (TPSA) is 27.7 Å². The molecule has 1 aromatic carbocycles. The highest BCUT2D eigenvalue weighted by Gasteiger charge is 2.34. The molecule has 1 saturated heterocycles. The molecule has 0 aromatic heterocycles. The fourth-order valence-electron chi connectivity index (χ4n) is 2.17. The Hall–Kier alpha value is -1.56. The normalized spacial score (nSPS) is 24.9. The fraction of sp³-hybridized carbons (Fsp3) is 0.444. The van der Waals surface area contributed by atoms with Crippen molar-refractivity contribution in [3.8, 4) is 0 Å². The van der Waals surface area contributed by atoms with E-state index in [1.165, 1.54) is 6.07 Å². The molecule has 1 fully saturated rings. The Morgan fingerprint density at radius 3 is 2.74 bits per heavy atom. The number of allylic oxidation sites excluding steroid dienone is 2. The average molecular weight is 324 g/mol. The summed E-state index contributed by atoms with van der Waals surface area (Å²) in [5.41, 5.74) is -0.337. The van der Waals surface area contributed by atoms with Crippen molar-refractivity contribution in [1.82, 2.24) is 0 Å². The standard InChI is InChI=1S/C18H22F2O3/c1-3-5-6-7-15-9-8-14(10-16(15)19)11-21-17-22-12-18(20,4-2)13-23-17/h3-5,8-10,17H,2,6-7,11-13H2,1H3. The molecule has 1 heterocycles. The van der Waals surface area contributed by atoms with E-state index in [1.54, 1.807) is 12.1 Å². The lowest BCUT2D eigenvalue weighted by atomic mass is 10.1. The maximum absolute atomic E-state index is 14.0. The maximum Gasteiger partial charge on any atom is 0.272 e. The largest absolute Gasteiger partial charge is 0.326 e. The third-order valence-electron chi connectivity index (χ3n) is 3.60. The van der Waals surface area contributed by atoms with Crippen molar-refractivity contribution in [3.63, 3.8) is 0 Å². The van der Waals surface area contributed by atoms with Gasteiger partial charge in [0.25, 0.3) is 6.48 Å². The highest BCUT2D eigenvalue weighted by molar-refractivity contribution is 5.24. The monoisotopic (exact) mass is 324 g/mol. The molecule has 0 N–H and O–H groups in total. The molecule has 0 saturated carbocycles. The Labute approximate surface area is 135 Å². The summed E-state index contributed by atoms with van der Waals surface area (Å²) in [4.78, 5) is 0. The molecule has 0 atom stereocenters. The SMILES string of the molecule is C=CC1(F)COC(OCc2ccc(CCC=CC)c(F)c2)OC1. The van der Waals surface area contributed by atoms with E-state index < -0.39 is 12.1 Å². The summed E-state index contributed by atoms with van der Waals surface area (Å²) >= 11 is 0. The number of hydrogen-bond donors (Lipinski definition) is 0. The molecule has 0 aliphatic carbocycles. The van der Waals surface area contributed by atoms with Crippen molar-refractivity contribution < 1.29 is 23.0 Å². The van der Waals surface area contributed by atoms with E-state index >= 15 is 0 Å².